The third kappa shape index (κ3) is 2.74. The normalized spacial score (nSPS) is 14.8. The second-order valence-corrected chi connectivity index (χ2v) is 13.3. The molecule has 0 spiro atoms. The molecule has 1 aromatic carbocycles. The number of allylic oxidation sites excluding steroid dienone is 2. The minimum Gasteiger partial charge on any atom is -0.518 e. The Labute approximate surface area is 155 Å². The van der Waals surface area contributed by atoms with Gasteiger partial charge in [0.05, 0.1) is 0 Å². The molecule has 1 aliphatic rings. The first-order valence-electron chi connectivity index (χ1n) is 9.20. The molecule has 1 aromatic heterocycles. The van der Waals surface area contributed by atoms with Crippen molar-refractivity contribution in [1.29, 1.82) is 0 Å². The molecule has 2 aromatic rings. The van der Waals surface area contributed by atoms with Crippen LogP contribution in [0.25, 0.3) is 11.0 Å². The summed E-state index contributed by atoms with van der Waals surface area (Å²) in [5.41, 5.74) is 2.66. The summed E-state index contributed by atoms with van der Waals surface area (Å²) in [6.45, 7) is 13.3. The van der Waals surface area contributed by atoms with Gasteiger partial charge in [-0.3, -0.25) is 9.59 Å². The maximum absolute atomic E-state index is 12.4. The van der Waals surface area contributed by atoms with Crippen molar-refractivity contribution < 1.29 is 18.4 Å². The van der Waals surface area contributed by atoms with E-state index < -0.39 is 8.32 Å². The fourth-order valence-corrected chi connectivity index (χ4v) is 9.62. The second kappa shape index (κ2) is 6.54. The van der Waals surface area contributed by atoms with Crippen LogP contribution in [-0.2, 0) is 0 Å². The molecule has 3 rings (SSSR count). The molecule has 0 saturated heterocycles. The Balaban J connectivity index is 2.12. The van der Waals surface area contributed by atoms with E-state index in [-0.39, 0.29) is 11.6 Å². The minimum absolute atomic E-state index is 0.152. The van der Waals surface area contributed by atoms with E-state index >= 15 is 0 Å². The predicted molar refractivity (Wildman–Crippen MR) is 106 cm³/mol. The molecule has 0 aliphatic heterocycles. The van der Waals surface area contributed by atoms with Gasteiger partial charge in [0.1, 0.15) is 5.58 Å². The number of ketones is 2. The van der Waals surface area contributed by atoms with Crippen LogP contribution in [0.5, 0.6) is 5.95 Å². The molecule has 0 unspecified atom stereocenters. The zero-order chi connectivity index (χ0) is 19.2. The summed E-state index contributed by atoms with van der Waals surface area (Å²) in [6, 6.07) is 5.19. The number of benzene rings is 1. The topological polar surface area (TPSA) is 56.5 Å². The van der Waals surface area contributed by atoms with E-state index in [0.717, 1.165) is 0 Å². The van der Waals surface area contributed by atoms with Crippen molar-refractivity contribution in [2.24, 2.45) is 0 Å². The summed E-state index contributed by atoms with van der Waals surface area (Å²) in [5.74, 6) is 0.129. The Hall–Kier alpha value is -2.14. The zero-order valence-corrected chi connectivity index (χ0v) is 17.3. The maximum atomic E-state index is 12.4. The third-order valence-electron chi connectivity index (χ3n) is 5.56. The van der Waals surface area contributed by atoms with Crippen molar-refractivity contribution in [2.75, 3.05) is 0 Å². The average molecular weight is 371 g/mol. The predicted octanol–water partition coefficient (Wildman–Crippen LogP) is 5.92. The Morgan fingerprint density at radius 2 is 1.46 bits per heavy atom. The van der Waals surface area contributed by atoms with Gasteiger partial charge in [-0.1, -0.05) is 41.5 Å². The van der Waals surface area contributed by atoms with E-state index in [0.29, 0.717) is 44.7 Å². The zero-order valence-electron chi connectivity index (χ0n) is 16.3. The van der Waals surface area contributed by atoms with Crippen LogP contribution < -0.4 is 4.43 Å². The SMILES string of the molecule is CC(C)[Si](Oc1cc2c3c(ccc2o1)C(=O)C=CC3=O)(C(C)C)C(C)C. The van der Waals surface area contributed by atoms with Gasteiger partial charge in [-0.2, -0.15) is 0 Å². The van der Waals surface area contributed by atoms with Crippen LogP contribution in [-0.4, -0.2) is 19.9 Å². The van der Waals surface area contributed by atoms with Crippen LogP contribution >= 0.6 is 0 Å². The number of carbonyl (C=O) groups excluding carboxylic acids is 2. The fourth-order valence-electron chi connectivity index (χ4n) is 4.46. The van der Waals surface area contributed by atoms with Crippen LogP contribution in [0.1, 0.15) is 62.3 Å². The smallest absolute Gasteiger partial charge is 0.271 e. The quantitative estimate of drug-likeness (QED) is 0.613. The van der Waals surface area contributed by atoms with E-state index in [4.69, 9.17) is 8.84 Å². The Bertz CT molecular complexity index is 880. The van der Waals surface area contributed by atoms with E-state index in [1.807, 2.05) is 0 Å². The van der Waals surface area contributed by atoms with E-state index in [1.165, 1.54) is 12.2 Å². The molecule has 138 valence electrons. The highest BCUT2D eigenvalue weighted by atomic mass is 28.4. The number of fused-ring (bicyclic) bond motifs is 3. The molecule has 0 saturated carbocycles. The van der Waals surface area contributed by atoms with Gasteiger partial charge in [0.2, 0.25) is 0 Å². The molecule has 5 heteroatoms. The van der Waals surface area contributed by atoms with Crippen molar-refractivity contribution in [3.8, 4) is 5.95 Å². The van der Waals surface area contributed by atoms with Crippen molar-refractivity contribution in [2.45, 2.75) is 58.2 Å². The molecule has 0 bridgehead atoms. The minimum atomic E-state index is -2.16. The molecule has 4 nitrogen and oxygen atoms in total. The molecule has 1 aliphatic carbocycles. The molecule has 0 fully saturated rings. The largest absolute Gasteiger partial charge is 0.518 e. The lowest BCUT2D eigenvalue weighted by Crippen LogP contribution is -2.50. The van der Waals surface area contributed by atoms with Gasteiger partial charge < -0.3 is 8.84 Å². The van der Waals surface area contributed by atoms with Crippen LogP contribution in [0.4, 0.5) is 0 Å². The molecule has 0 amide bonds. The summed E-state index contributed by atoms with van der Waals surface area (Å²) in [7, 11) is -2.16. The average Bonchev–Trinajstić information content (AvgIpc) is 2.97. The first-order valence-corrected chi connectivity index (χ1v) is 11.3. The molecule has 0 N–H and O–H groups in total. The Morgan fingerprint density at radius 1 is 0.885 bits per heavy atom. The van der Waals surface area contributed by atoms with Crippen LogP contribution in [0.2, 0.25) is 16.6 Å². The molecule has 0 radical (unpaired) electrons. The number of rotatable bonds is 5. The van der Waals surface area contributed by atoms with Crippen LogP contribution in [0, 0.1) is 0 Å². The number of carbonyl (C=O) groups is 2. The second-order valence-electron chi connectivity index (χ2n) is 7.95. The van der Waals surface area contributed by atoms with Crippen LogP contribution in [0.15, 0.2) is 34.8 Å². The van der Waals surface area contributed by atoms with Crippen molar-refractivity contribution in [1.82, 2.24) is 0 Å². The summed E-state index contributed by atoms with van der Waals surface area (Å²) in [6.07, 6.45) is 2.65. The van der Waals surface area contributed by atoms with Crippen molar-refractivity contribution in [3.63, 3.8) is 0 Å². The van der Waals surface area contributed by atoms with E-state index in [1.54, 1.807) is 18.2 Å². The molecular formula is C21H26O4Si. The first kappa shape index (κ1) is 18.6. The molecule has 0 atom stereocenters. The summed E-state index contributed by atoms with van der Waals surface area (Å²) < 4.78 is 12.5. The Kier molecular flexibility index (Phi) is 4.69. The van der Waals surface area contributed by atoms with E-state index in [2.05, 4.69) is 41.5 Å². The first-order chi connectivity index (χ1) is 12.2. The summed E-state index contributed by atoms with van der Waals surface area (Å²) in [5, 5.41) is 0.652. The maximum Gasteiger partial charge on any atom is 0.271 e. The van der Waals surface area contributed by atoms with Gasteiger partial charge in [-0.05, 0) is 40.9 Å². The number of furan rings is 1. The number of hydrogen-bond donors (Lipinski definition) is 0. The third-order valence-corrected chi connectivity index (χ3v) is 11.5. The van der Waals surface area contributed by atoms with Crippen molar-refractivity contribution >= 4 is 30.9 Å². The highest BCUT2D eigenvalue weighted by molar-refractivity contribution is 6.78. The van der Waals surface area contributed by atoms with Gasteiger partial charge in [0.15, 0.2) is 11.6 Å². The van der Waals surface area contributed by atoms with Crippen LogP contribution in [0.3, 0.4) is 0 Å². The lowest BCUT2D eigenvalue weighted by Gasteiger charge is -2.41. The van der Waals surface area contributed by atoms with E-state index in [9.17, 15) is 9.59 Å². The summed E-state index contributed by atoms with van der Waals surface area (Å²) >= 11 is 0. The summed E-state index contributed by atoms with van der Waals surface area (Å²) in [4.78, 5) is 24.4. The monoisotopic (exact) mass is 370 g/mol. The highest BCUT2D eigenvalue weighted by Crippen LogP contribution is 2.44. The highest BCUT2D eigenvalue weighted by Gasteiger charge is 2.47. The number of hydrogen-bond acceptors (Lipinski definition) is 4. The lowest BCUT2D eigenvalue weighted by atomic mass is 9.92. The van der Waals surface area contributed by atoms with Gasteiger partial charge in [-0.15, -0.1) is 0 Å². The Morgan fingerprint density at radius 3 is 2.04 bits per heavy atom. The van der Waals surface area contributed by atoms with Gasteiger partial charge in [0.25, 0.3) is 14.3 Å². The van der Waals surface area contributed by atoms with Gasteiger partial charge >= 0.3 is 0 Å². The molecule has 1 heterocycles. The standard InChI is InChI=1S/C21H26O4Si/c1-12(2)26(13(3)4,14(5)6)25-20-11-16-19(24-20)10-7-15-17(22)8-9-18(23)21(15)16/h7-14H,1-6H3. The fraction of sp³-hybridized carbons (Fsp3) is 0.429. The van der Waals surface area contributed by atoms with Gasteiger partial charge in [0, 0.05) is 22.6 Å². The lowest BCUT2D eigenvalue weighted by molar-refractivity contribution is 0.0995. The molecule has 26 heavy (non-hydrogen) atoms. The van der Waals surface area contributed by atoms with Gasteiger partial charge in [-0.25, -0.2) is 0 Å². The molecular weight excluding hydrogens is 344 g/mol. The van der Waals surface area contributed by atoms with Crippen molar-refractivity contribution in [3.05, 3.63) is 41.5 Å².